The van der Waals surface area contributed by atoms with Crippen molar-refractivity contribution in [1.29, 1.82) is 0 Å². The van der Waals surface area contributed by atoms with Gasteiger partial charge in [0.05, 0.1) is 28.9 Å². The first-order chi connectivity index (χ1) is 18.5. The minimum absolute atomic E-state index is 0.0992. The van der Waals surface area contributed by atoms with Crippen molar-refractivity contribution in [3.63, 3.8) is 0 Å². The monoisotopic (exact) mass is 515 g/mol. The molecule has 9 nitrogen and oxygen atoms in total. The third-order valence-corrected chi connectivity index (χ3v) is 6.91. The first-order valence-electron chi connectivity index (χ1n) is 12.9. The van der Waals surface area contributed by atoms with Crippen molar-refractivity contribution in [3.05, 3.63) is 94.5 Å². The second kappa shape index (κ2) is 11.0. The number of hydrogen-bond acceptors (Lipinski definition) is 7. The Morgan fingerprint density at radius 1 is 0.895 bits per heavy atom. The van der Waals surface area contributed by atoms with E-state index >= 15 is 0 Å². The molecule has 0 unspecified atom stereocenters. The molecule has 3 aromatic carbocycles. The molecule has 5 rings (SSSR count). The summed E-state index contributed by atoms with van der Waals surface area (Å²) < 4.78 is 5.79. The molecule has 2 fully saturated rings. The number of unbranched alkanes of at least 4 members (excludes halogenated alkanes) is 3. The number of nitrogens with zero attached hydrogens (tertiary/aromatic N) is 3. The molecule has 3 aromatic rings. The van der Waals surface area contributed by atoms with Crippen molar-refractivity contribution in [1.82, 2.24) is 0 Å². The molecule has 196 valence electrons. The molecule has 0 aromatic heterocycles. The fourth-order valence-corrected chi connectivity index (χ4v) is 5.04. The fourth-order valence-electron chi connectivity index (χ4n) is 5.04. The molecule has 3 atom stereocenters. The van der Waals surface area contributed by atoms with E-state index in [9.17, 15) is 19.7 Å². The zero-order valence-corrected chi connectivity index (χ0v) is 21.1. The molecule has 0 bridgehead atoms. The van der Waals surface area contributed by atoms with Crippen LogP contribution >= 0.6 is 0 Å². The van der Waals surface area contributed by atoms with E-state index in [1.165, 1.54) is 23.6 Å². The number of anilines is 2. The van der Waals surface area contributed by atoms with Gasteiger partial charge >= 0.3 is 0 Å². The Balaban J connectivity index is 1.41. The number of hydroxylamine groups is 1. The Hall–Kier alpha value is -4.24. The van der Waals surface area contributed by atoms with E-state index < -0.39 is 34.8 Å². The lowest BCUT2D eigenvalue weighted by atomic mass is 9.90. The van der Waals surface area contributed by atoms with Crippen LogP contribution in [0.25, 0.3) is 0 Å². The summed E-state index contributed by atoms with van der Waals surface area (Å²) in [6, 6.07) is 21.4. The summed E-state index contributed by atoms with van der Waals surface area (Å²) >= 11 is 0. The number of rotatable bonds is 10. The summed E-state index contributed by atoms with van der Waals surface area (Å²) in [6.45, 7) is 2.77. The maximum atomic E-state index is 13.8. The Morgan fingerprint density at radius 3 is 2.37 bits per heavy atom. The van der Waals surface area contributed by atoms with Gasteiger partial charge in [-0.3, -0.25) is 24.5 Å². The molecule has 9 heteroatoms. The molecular formula is C29H29N3O6. The van der Waals surface area contributed by atoms with Crippen LogP contribution in [0.5, 0.6) is 5.75 Å². The van der Waals surface area contributed by atoms with Crippen molar-refractivity contribution in [3.8, 4) is 5.75 Å². The SMILES string of the molecule is CCCCCCOc1ccc(N2C(=O)[C@@H]3[C@@H](c4cccc([N+](=O)[O-])c4)N(c4ccccc4)O[C@H]3C2=O)cc1. The number of carbonyl (C=O) groups excluding carboxylic acids is 2. The summed E-state index contributed by atoms with van der Waals surface area (Å²) in [4.78, 5) is 45.5. The summed E-state index contributed by atoms with van der Waals surface area (Å²) in [5.74, 6) is -1.09. The van der Waals surface area contributed by atoms with Gasteiger partial charge in [0.25, 0.3) is 11.6 Å². The number of ether oxygens (including phenoxy) is 1. The number of nitro groups is 1. The first kappa shape index (κ1) is 25.4. The van der Waals surface area contributed by atoms with E-state index in [0.29, 0.717) is 29.3 Å². The van der Waals surface area contributed by atoms with Crippen LogP contribution in [0, 0.1) is 16.0 Å². The third kappa shape index (κ3) is 4.84. The van der Waals surface area contributed by atoms with Gasteiger partial charge in [-0.25, -0.2) is 9.96 Å². The smallest absolute Gasteiger partial charge is 0.269 e. The van der Waals surface area contributed by atoms with E-state index in [1.54, 1.807) is 48.5 Å². The molecule has 2 heterocycles. The minimum atomic E-state index is -1.05. The van der Waals surface area contributed by atoms with E-state index in [2.05, 4.69) is 6.92 Å². The average molecular weight is 516 g/mol. The summed E-state index contributed by atoms with van der Waals surface area (Å²) in [6.07, 6.45) is 3.35. The molecular weight excluding hydrogens is 486 g/mol. The quantitative estimate of drug-likeness (QED) is 0.150. The van der Waals surface area contributed by atoms with Crippen molar-refractivity contribution >= 4 is 28.9 Å². The van der Waals surface area contributed by atoms with E-state index in [1.807, 2.05) is 18.2 Å². The predicted molar refractivity (Wildman–Crippen MR) is 142 cm³/mol. The normalized spacial score (nSPS) is 20.6. The highest BCUT2D eigenvalue weighted by atomic mass is 16.7. The molecule has 38 heavy (non-hydrogen) atoms. The van der Waals surface area contributed by atoms with Crippen molar-refractivity contribution in [2.75, 3.05) is 16.6 Å². The van der Waals surface area contributed by atoms with Crippen LogP contribution in [0.4, 0.5) is 17.1 Å². The predicted octanol–water partition coefficient (Wildman–Crippen LogP) is 5.61. The second-order valence-corrected chi connectivity index (χ2v) is 9.42. The largest absolute Gasteiger partial charge is 0.494 e. The van der Waals surface area contributed by atoms with Gasteiger partial charge in [-0.1, -0.05) is 56.5 Å². The van der Waals surface area contributed by atoms with Crippen molar-refractivity contribution in [2.45, 2.75) is 44.8 Å². The number of hydrogen-bond donors (Lipinski definition) is 0. The molecule has 0 N–H and O–H groups in total. The van der Waals surface area contributed by atoms with Gasteiger partial charge in [0.2, 0.25) is 5.91 Å². The van der Waals surface area contributed by atoms with Gasteiger partial charge in [0.1, 0.15) is 11.7 Å². The first-order valence-corrected chi connectivity index (χ1v) is 12.9. The number of benzene rings is 3. The van der Waals surface area contributed by atoms with Gasteiger partial charge in [-0.15, -0.1) is 0 Å². The lowest BCUT2D eigenvalue weighted by molar-refractivity contribution is -0.384. The third-order valence-electron chi connectivity index (χ3n) is 6.91. The molecule has 2 saturated heterocycles. The van der Waals surface area contributed by atoms with E-state index in [0.717, 1.165) is 24.2 Å². The molecule has 2 amide bonds. The molecule has 0 radical (unpaired) electrons. The zero-order valence-electron chi connectivity index (χ0n) is 21.1. The van der Waals surface area contributed by atoms with Crippen molar-refractivity contribution < 1.29 is 24.1 Å². The van der Waals surface area contributed by atoms with Crippen LogP contribution in [-0.2, 0) is 14.4 Å². The van der Waals surface area contributed by atoms with Crippen LogP contribution in [-0.4, -0.2) is 29.4 Å². The maximum absolute atomic E-state index is 13.8. The Labute approximate surface area is 220 Å². The number of para-hydroxylation sites is 1. The van der Waals surface area contributed by atoms with Crippen LogP contribution in [0.2, 0.25) is 0 Å². The molecule has 0 spiro atoms. The lowest BCUT2D eigenvalue weighted by Crippen LogP contribution is -2.37. The Morgan fingerprint density at radius 2 is 1.66 bits per heavy atom. The van der Waals surface area contributed by atoms with Crippen LogP contribution in [0.15, 0.2) is 78.9 Å². The summed E-state index contributed by atoms with van der Waals surface area (Å²) in [7, 11) is 0. The topological polar surface area (TPSA) is 102 Å². The Bertz CT molecular complexity index is 1310. The molecule has 2 aliphatic heterocycles. The van der Waals surface area contributed by atoms with Gasteiger partial charge in [0, 0.05) is 12.1 Å². The maximum Gasteiger partial charge on any atom is 0.269 e. The minimum Gasteiger partial charge on any atom is -0.494 e. The Kier molecular flexibility index (Phi) is 7.37. The van der Waals surface area contributed by atoms with Crippen LogP contribution in [0.1, 0.15) is 44.2 Å². The number of amides is 2. The number of fused-ring (bicyclic) bond motifs is 1. The number of non-ortho nitro benzene ring substituents is 1. The van der Waals surface area contributed by atoms with E-state index in [4.69, 9.17) is 9.57 Å². The lowest BCUT2D eigenvalue weighted by Gasteiger charge is -2.28. The number of imide groups is 1. The van der Waals surface area contributed by atoms with Crippen LogP contribution < -0.4 is 14.7 Å². The van der Waals surface area contributed by atoms with Gasteiger partial charge < -0.3 is 4.74 Å². The van der Waals surface area contributed by atoms with Crippen molar-refractivity contribution in [2.24, 2.45) is 5.92 Å². The molecule has 0 aliphatic carbocycles. The average Bonchev–Trinajstić information content (AvgIpc) is 3.45. The number of carbonyl (C=O) groups is 2. The summed E-state index contributed by atoms with van der Waals surface area (Å²) in [5.41, 5.74) is 1.50. The molecule has 0 saturated carbocycles. The highest BCUT2D eigenvalue weighted by Gasteiger charge is 2.60. The molecule has 2 aliphatic rings. The van der Waals surface area contributed by atoms with Crippen LogP contribution in [0.3, 0.4) is 0 Å². The zero-order chi connectivity index (χ0) is 26.6. The fraction of sp³-hybridized carbons (Fsp3) is 0.310. The standard InChI is InChI=1S/C29H29N3O6/c1-2-3-4-8-18-37-24-16-14-21(15-17-24)30-28(33)25-26(20-10-9-13-23(19-20)32(35)36)31(38-27(25)29(30)34)22-11-6-5-7-12-22/h5-7,9-17,19,25-27H,2-4,8,18H2,1H3/t25-,26-,27-/m1/s1. The summed E-state index contributed by atoms with van der Waals surface area (Å²) in [5, 5.41) is 13.0. The van der Waals surface area contributed by atoms with Gasteiger partial charge in [-0.05, 0) is 48.4 Å². The second-order valence-electron chi connectivity index (χ2n) is 9.42. The highest BCUT2D eigenvalue weighted by Crippen LogP contribution is 2.48. The highest BCUT2D eigenvalue weighted by molar-refractivity contribution is 6.23. The van der Waals surface area contributed by atoms with Gasteiger partial charge in [0.15, 0.2) is 6.10 Å². The van der Waals surface area contributed by atoms with E-state index in [-0.39, 0.29) is 5.69 Å². The number of nitro benzene ring substituents is 1. The van der Waals surface area contributed by atoms with Gasteiger partial charge in [-0.2, -0.15) is 0 Å².